The summed E-state index contributed by atoms with van der Waals surface area (Å²) in [4.78, 5) is 30.8. The second-order valence-corrected chi connectivity index (χ2v) is 8.89. The Morgan fingerprint density at radius 1 is 0.806 bits per heavy atom. The summed E-state index contributed by atoms with van der Waals surface area (Å²) in [6.07, 6.45) is 0. The summed E-state index contributed by atoms with van der Waals surface area (Å²) < 4.78 is 5.15. The highest BCUT2D eigenvalue weighted by Crippen LogP contribution is 2.19. The molecular weight excluding hydrogens is 452 g/mol. The summed E-state index contributed by atoms with van der Waals surface area (Å²) in [6.45, 7) is 8.88. The van der Waals surface area contributed by atoms with Crippen LogP contribution in [0.3, 0.4) is 0 Å². The molecule has 0 spiro atoms. The second kappa shape index (κ2) is 12.3. The molecule has 0 unspecified atom stereocenters. The number of carbonyl (C=O) groups excluding carboxylic acids is 2. The predicted molar refractivity (Wildman–Crippen MR) is 142 cm³/mol. The van der Waals surface area contributed by atoms with Gasteiger partial charge in [0.15, 0.2) is 0 Å². The van der Waals surface area contributed by atoms with Gasteiger partial charge in [-0.05, 0) is 54.1 Å². The number of nitrogens with zero attached hydrogens (tertiary/aromatic N) is 2. The van der Waals surface area contributed by atoms with E-state index in [1.807, 2.05) is 12.1 Å². The molecule has 4 rings (SSSR count). The lowest BCUT2D eigenvalue weighted by Crippen LogP contribution is -2.45. The van der Waals surface area contributed by atoms with Crippen molar-refractivity contribution in [1.29, 1.82) is 0 Å². The highest BCUT2D eigenvalue weighted by molar-refractivity contribution is 6.09. The molecular formula is C29H34N4O3. The Balaban J connectivity index is 1.39. The predicted octanol–water partition coefficient (Wildman–Crippen LogP) is 4.02. The van der Waals surface area contributed by atoms with E-state index in [0.29, 0.717) is 29.1 Å². The minimum absolute atomic E-state index is 0.230. The van der Waals surface area contributed by atoms with Gasteiger partial charge in [-0.15, -0.1) is 0 Å². The van der Waals surface area contributed by atoms with Crippen LogP contribution in [0.5, 0.6) is 5.75 Å². The van der Waals surface area contributed by atoms with Crippen LogP contribution in [0.15, 0.2) is 72.8 Å². The Kier molecular flexibility index (Phi) is 8.71. The molecule has 3 aromatic carbocycles. The minimum atomic E-state index is -0.286. The van der Waals surface area contributed by atoms with Crippen LogP contribution >= 0.6 is 0 Å². The van der Waals surface area contributed by atoms with Gasteiger partial charge in [-0.25, -0.2) is 0 Å². The zero-order valence-corrected chi connectivity index (χ0v) is 21.0. The van der Waals surface area contributed by atoms with E-state index in [4.69, 9.17) is 4.74 Å². The van der Waals surface area contributed by atoms with Gasteiger partial charge in [0.2, 0.25) is 0 Å². The summed E-state index contributed by atoms with van der Waals surface area (Å²) in [5, 5.41) is 5.91. The van der Waals surface area contributed by atoms with Crippen molar-refractivity contribution in [2.24, 2.45) is 0 Å². The average molecular weight is 487 g/mol. The van der Waals surface area contributed by atoms with Crippen LogP contribution in [0.1, 0.15) is 38.8 Å². The first-order valence-corrected chi connectivity index (χ1v) is 12.4. The molecule has 0 aliphatic carbocycles. The van der Waals surface area contributed by atoms with E-state index in [2.05, 4.69) is 39.5 Å². The lowest BCUT2D eigenvalue weighted by atomic mass is 10.1. The molecule has 2 N–H and O–H groups in total. The third-order valence-electron chi connectivity index (χ3n) is 6.64. The van der Waals surface area contributed by atoms with Crippen molar-refractivity contribution < 1.29 is 14.3 Å². The van der Waals surface area contributed by atoms with Crippen LogP contribution in [0, 0.1) is 0 Å². The number of ether oxygens (including phenoxy) is 1. The maximum atomic E-state index is 13.1. The molecule has 0 radical (unpaired) electrons. The van der Waals surface area contributed by atoms with Crippen LogP contribution < -0.4 is 15.4 Å². The summed E-state index contributed by atoms with van der Waals surface area (Å²) >= 11 is 0. The van der Waals surface area contributed by atoms with Crippen LogP contribution in [-0.2, 0) is 13.1 Å². The summed E-state index contributed by atoms with van der Waals surface area (Å²) in [5.74, 6) is 0.160. The van der Waals surface area contributed by atoms with Crippen molar-refractivity contribution in [1.82, 2.24) is 15.1 Å². The zero-order valence-electron chi connectivity index (χ0n) is 21.0. The number of benzene rings is 3. The molecule has 1 aliphatic rings. The minimum Gasteiger partial charge on any atom is -0.497 e. The monoisotopic (exact) mass is 486 g/mol. The fraction of sp³-hybridized carbons (Fsp3) is 0.310. The van der Waals surface area contributed by atoms with Gasteiger partial charge in [0.25, 0.3) is 11.8 Å². The molecule has 36 heavy (non-hydrogen) atoms. The topological polar surface area (TPSA) is 73.9 Å². The van der Waals surface area contributed by atoms with Crippen molar-refractivity contribution >= 4 is 17.5 Å². The smallest absolute Gasteiger partial charge is 0.255 e. The van der Waals surface area contributed by atoms with Gasteiger partial charge in [-0.3, -0.25) is 14.5 Å². The summed E-state index contributed by atoms with van der Waals surface area (Å²) in [5.41, 5.74) is 3.71. The quantitative estimate of drug-likeness (QED) is 0.478. The van der Waals surface area contributed by atoms with Crippen LogP contribution in [0.2, 0.25) is 0 Å². The van der Waals surface area contributed by atoms with E-state index in [0.717, 1.165) is 44.8 Å². The van der Waals surface area contributed by atoms with E-state index in [1.165, 1.54) is 5.56 Å². The van der Waals surface area contributed by atoms with Crippen molar-refractivity contribution in [3.63, 3.8) is 0 Å². The molecule has 0 saturated carbocycles. The van der Waals surface area contributed by atoms with E-state index in [1.54, 1.807) is 55.6 Å². The molecule has 1 aliphatic heterocycles. The second-order valence-electron chi connectivity index (χ2n) is 8.89. The molecule has 188 valence electrons. The highest BCUT2D eigenvalue weighted by atomic mass is 16.5. The number of piperazine rings is 1. The number of nitrogens with one attached hydrogen (secondary N) is 2. The normalized spacial score (nSPS) is 14.3. The number of hydrogen-bond donors (Lipinski definition) is 2. The number of hydrogen-bond acceptors (Lipinski definition) is 5. The standard InChI is InChI=1S/C29H34N4O3/c1-3-32-16-18-33(19-17-32)21-24-9-5-4-8-23(24)20-30-29(35)26-10-6-7-11-27(26)31-28(34)22-12-14-25(36-2)15-13-22/h4-15H,3,16-21H2,1-2H3,(H,30,35)(H,31,34). The first-order chi connectivity index (χ1) is 17.6. The molecule has 0 aromatic heterocycles. The number of anilines is 1. The Morgan fingerprint density at radius 2 is 1.44 bits per heavy atom. The van der Waals surface area contributed by atoms with Gasteiger partial charge in [-0.2, -0.15) is 0 Å². The number of methoxy groups -OCH3 is 1. The molecule has 1 heterocycles. The van der Waals surface area contributed by atoms with Gasteiger partial charge >= 0.3 is 0 Å². The summed E-state index contributed by atoms with van der Waals surface area (Å²) in [7, 11) is 1.58. The van der Waals surface area contributed by atoms with Crippen molar-refractivity contribution in [2.75, 3.05) is 45.2 Å². The molecule has 0 bridgehead atoms. The SMILES string of the molecule is CCN1CCN(Cc2ccccc2CNC(=O)c2ccccc2NC(=O)c2ccc(OC)cc2)CC1. The fourth-order valence-corrected chi connectivity index (χ4v) is 4.39. The molecule has 1 fully saturated rings. The van der Waals surface area contributed by atoms with Crippen LogP contribution in [0.4, 0.5) is 5.69 Å². The molecule has 7 heteroatoms. The molecule has 3 aromatic rings. The summed E-state index contributed by atoms with van der Waals surface area (Å²) in [6, 6.07) is 22.1. The third kappa shape index (κ3) is 6.50. The van der Waals surface area contributed by atoms with Gasteiger partial charge in [-0.1, -0.05) is 43.3 Å². The van der Waals surface area contributed by atoms with E-state index in [-0.39, 0.29) is 11.8 Å². The van der Waals surface area contributed by atoms with E-state index >= 15 is 0 Å². The number of carbonyl (C=O) groups is 2. The van der Waals surface area contributed by atoms with Crippen LogP contribution in [0.25, 0.3) is 0 Å². The van der Waals surface area contributed by atoms with E-state index in [9.17, 15) is 9.59 Å². The zero-order chi connectivity index (χ0) is 25.3. The Labute approximate surface area is 213 Å². The largest absolute Gasteiger partial charge is 0.497 e. The average Bonchev–Trinajstić information content (AvgIpc) is 2.93. The van der Waals surface area contributed by atoms with Gasteiger partial charge in [0.05, 0.1) is 18.4 Å². The molecule has 2 amide bonds. The molecule has 0 atom stereocenters. The Hall–Kier alpha value is -3.68. The first kappa shape index (κ1) is 25.4. The van der Waals surface area contributed by atoms with Crippen molar-refractivity contribution in [3.05, 3.63) is 95.1 Å². The molecule has 7 nitrogen and oxygen atoms in total. The van der Waals surface area contributed by atoms with Crippen molar-refractivity contribution in [2.45, 2.75) is 20.0 Å². The maximum absolute atomic E-state index is 13.1. The van der Waals surface area contributed by atoms with Gasteiger partial charge in [0, 0.05) is 44.8 Å². The first-order valence-electron chi connectivity index (χ1n) is 12.4. The fourth-order valence-electron chi connectivity index (χ4n) is 4.39. The maximum Gasteiger partial charge on any atom is 0.255 e. The Bertz CT molecular complexity index is 1170. The molecule has 1 saturated heterocycles. The lowest BCUT2D eigenvalue weighted by Gasteiger charge is -2.34. The highest BCUT2D eigenvalue weighted by Gasteiger charge is 2.18. The number of para-hydroxylation sites is 1. The van der Waals surface area contributed by atoms with E-state index < -0.39 is 0 Å². The number of amides is 2. The third-order valence-corrected chi connectivity index (χ3v) is 6.64. The van der Waals surface area contributed by atoms with Crippen LogP contribution in [-0.4, -0.2) is 61.4 Å². The Morgan fingerprint density at radius 3 is 2.14 bits per heavy atom. The van der Waals surface area contributed by atoms with Crippen molar-refractivity contribution in [3.8, 4) is 5.75 Å². The van der Waals surface area contributed by atoms with Gasteiger partial charge in [0.1, 0.15) is 5.75 Å². The number of likely N-dealkylation sites (N-methyl/N-ethyl adjacent to an activating group) is 1. The van der Waals surface area contributed by atoms with Gasteiger partial charge < -0.3 is 20.3 Å². The lowest BCUT2D eigenvalue weighted by molar-refractivity contribution is 0.0951. The number of rotatable bonds is 9.